The molecule has 4 nitrogen and oxygen atoms in total. The average Bonchev–Trinajstić information content (AvgIpc) is 2.29. The quantitative estimate of drug-likeness (QED) is 0.876. The highest BCUT2D eigenvalue weighted by Crippen LogP contribution is 2.26. The molecule has 0 spiro atoms. The molecule has 0 amide bonds. The Bertz CT molecular complexity index is 541. The molecule has 0 aromatic heterocycles. The van der Waals surface area contributed by atoms with Gasteiger partial charge in [-0.1, -0.05) is 17.7 Å². The molecule has 0 saturated heterocycles. The Labute approximate surface area is 120 Å². The summed E-state index contributed by atoms with van der Waals surface area (Å²) in [6.07, 6.45) is 1.24. The highest BCUT2D eigenvalue weighted by atomic mass is 35.5. The predicted octanol–water partition coefficient (Wildman–Crippen LogP) is 2.26. The first-order valence-corrected chi connectivity index (χ1v) is 8.17. The summed E-state index contributed by atoms with van der Waals surface area (Å²) in [5, 5.41) is 3.72. The lowest BCUT2D eigenvalue weighted by atomic mass is 10.1. The fourth-order valence-electron chi connectivity index (χ4n) is 1.52. The van der Waals surface area contributed by atoms with Gasteiger partial charge in [0.25, 0.3) is 0 Å². The standard InChI is InChI=1S/C13H20ClNO3S/c1-13(2,19(4,16)17)9-15-8-10-11(14)6-5-7-12(10)18-3/h5-7,15H,8-9H2,1-4H3. The molecule has 1 aromatic rings. The Morgan fingerprint density at radius 3 is 2.53 bits per heavy atom. The molecule has 0 saturated carbocycles. The van der Waals surface area contributed by atoms with Crippen molar-refractivity contribution in [2.75, 3.05) is 19.9 Å². The predicted molar refractivity (Wildman–Crippen MR) is 78.6 cm³/mol. The third-order valence-electron chi connectivity index (χ3n) is 3.15. The van der Waals surface area contributed by atoms with Crippen molar-refractivity contribution in [3.05, 3.63) is 28.8 Å². The zero-order valence-electron chi connectivity index (χ0n) is 11.7. The second kappa shape index (κ2) is 6.11. The number of benzene rings is 1. The van der Waals surface area contributed by atoms with Crippen molar-refractivity contribution in [2.45, 2.75) is 25.1 Å². The van der Waals surface area contributed by atoms with E-state index in [1.165, 1.54) is 6.26 Å². The minimum absolute atomic E-state index is 0.347. The van der Waals surface area contributed by atoms with E-state index in [1.54, 1.807) is 27.0 Å². The summed E-state index contributed by atoms with van der Waals surface area (Å²) >= 11 is 6.11. The lowest BCUT2D eigenvalue weighted by molar-refractivity contribution is 0.407. The van der Waals surface area contributed by atoms with Gasteiger partial charge in [0.2, 0.25) is 0 Å². The van der Waals surface area contributed by atoms with Crippen molar-refractivity contribution in [2.24, 2.45) is 0 Å². The molecule has 1 rings (SSSR count). The molecule has 0 heterocycles. The SMILES string of the molecule is COc1cccc(Cl)c1CNCC(C)(C)S(C)(=O)=O. The number of methoxy groups -OCH3 is 1. The topological polar surface area (TPSA) is 55.4 Å². The van der Waals surface area contributed by atoms with Crippen LogP contribution < -0.4 is 10.1 Å². The molecule has 0 bridgehead atoms. The van der Waals surface area contributed by atoms with E-state index in [0.29, 0.717) is 23.9 Å². The number of ether oxygens (including phenoxy) is 1. The molecule has 19 heavy (non-hydrogen) atoms. The molecule has 1 aromatic carbocycles. The molecule has 0 unspecified atom stereocenters. The van der Waals surface area contributed by atoms with Gasteiger partial charge < -0.3 is 10.1 Å². The van der Waals surface area contributed by atoms with Crippen molar-refractivity contribution in [1.82, 2.24) is 5.32 Å². The third kappa shape index (κ3) is 4.09. The van der Waals surface area contributed by atoms with Crippen molar-refractivity contribution >= 4 is 21.4 Å². The minimum Gasteiger partial charge on any atom is -0.496 e. The van der Waals surface area contributed by atoms with Crippen LogP contribution >= 0.6 is 11.6 Å². The van der Waals surface area contributed by atoms with Gasteiger partial charge in [-0.2, -0.15) is 0 Å². The average molecular weight is 306 g/mol. The summed E-state index contributed by atoms with van der Waals surface area (Å²) < 4.78 is 27.6. The Balaban J connectivity index is 2.74. The highest BCUT2D eigenvalue weighted by Gasteiger charge is 2.29. The molecular weight excluding hydrogens is 286 g/mol. The van der Waals surface area contributed by atoms with E-state index in [4.69, 9.17) is 16.3 Å². The fourth-order valence-corrected chi connectivity index (χ4v) is 2.12. The van der Waals surface area contributed by atoms with Gasteiger partial charge in [0.05, 0.1) is 11.9 Å². The summed E-state index contributed by atoms with van der Waals surface area (Å²) in [5.41, 5.74) is 0.830. The van der Waals surface area contributed by atoms with Gasteiger partial charge in [-0.15, -0.1) is 0 Å². The number of hydrogen-bond acceptors (Lipinski definition) is 4. The normalized spacial score (nSPS) is 12.5. The van der Waals surface area contributed by atoms with Crippen LogP contribution in [0.25, 0.3) is 0 Å². The lowest BCUT2D eigenvalue weighted by Gasteiger charge is -2.23. The van der Waals surface area contributed by atoms with Crippen LogP contribution in [-0.2, 0) is 16.4 Å². The number of hydrogen-bond donors (Lipinski definition) is 1. The molecule has 0 aliphatic rings. The van der Waals surface area contributed by atoms with Crippen molar-refractivity contribution in [3.63, 3.8) is 0 Å². The van der Waals surface area contributed by atoms with Crippen LogP contribution in [0.5, 0.6) is 5.75 Å². The zero-order valence-corrected chi connectivity index (χ0v) is 13.2. The highest BCUT2D eigenvalue weighted by molar-refractivity contribution is 7.92. The van der Waals surface area contributed by atoms with Crippen molar-refractivity contribution in [3.8, 4) is 5.75 Å². The molecule has 0 fully saturated rings. The van der Waals surface area contributed by atoms with E-state index in [-0.39, 0.29) is 0 Å². The van der Waals surface area contributed by atoms with E-state index in [0.717, 1.165) is 5.56 Å². The fraction of sp³-hybridized carbons (Fsp3) is 0.538. The van der Waals surface area contributed by atoms with Gasteiger partial charge in [0, 0.05) is 29.9 Å². The maximum atomic E-state index is 11.6. The van der Waals surface area contributed by atoms with Gasteiger partial charge in [-0.05, 0) is 26.0 Å². The van der Waals surface area contributed by atoms with Crippen molar-refractivity contribution < 1.29 is 13.2 Å². The first-order chi connectivity index (χ1) is 8.69. The second-order valence-electron chi connectivity index (χ2n) is 5.06. The van der Waals surface area contributed by atoms with E-state index < -0.39 is 14.6 Å². The molecule has 6 heteroatoms. The molecular formula is C13H20ClNO3S. The number of sulfone groups is 1. The third-order valence-corrected chi connectivity index (χ3v) is 5.66. The summed E-state index contributed by atoms with van der Waals surface area (Å²) in [6, 6.07) is 5.42. The van der Waals surface area contributed by atoms with Crippen LogP contribution in [0.3, 0.4) is 0 Å². The summed E-state index contributed by atoms with van der Waals surface area (Å²) in [6.45, 7) is 4.19. The smallest absolute Gasteiger partial charge is 0.153 e. The van der Waals surface area contributed by atoms with Crippen molar-refractivity contribution in [1.29, 1.82) is 0 Å². The maximum Gasteiger partial charge on any atom is 0.153 e. The maximum absolute atomic E-state index is 11.6. The van der Waals surface area contributed by atoms with E-state index in [2.05, 4.69) is 5.32 Å². The van der Waals surface area contributed by atoms with E-state index in [9.17, 15) is 8.42 Å². The van der Waals surface area contributed by atoms with Crippen LogP contribution in [0.15, 0.2) is 18.2 Å². The Kier molecular flexibility index (Phi) is 5.24. The second-order valence-corrected chi connectivity index (χ2v) is 8.11. The van der Waals surface area contributed by atoms with Crippen LogP contribution in [0.1, 0.15) is 19.4 Å². The van der Waals surface area contributed by atoms with E-state index >= 15 is 0 Å². The molecule has 1 N–H and O–H groups in total. The van der Waals surface area contributed by atoms with Crippen LogP contribution in [-0.4, -0.2) is 33.1 Å². The Morgan fingerprint density at radius 2 is 2.00 bits per heavy atom. The molecule has 108 valence electrons. The van der Waals surface area contributed by atoms with Gasteiger partial charge in [0.15, 0.2) is 9.84 Å². The zero-order chi connectivity index (χ0) is 14.7. The molecule has 0 radical (unpaired) electrons. The first kappa shape index (κ1) is 16.3. The molecule has 0 atom stereocenters. The van der Waals surface area contributed by atoms with E-state index in [1.807, 2.05) is 12.1 Å². The monoisotopic (exact) mass is 305 g/mol. The molecule has 0 aliphatic carbocycles. The number of nitrogens with one attached hydrogen (secondary N) is 1. The Morgan fingerprint density at radius 1 is 1.37 bits per heavy atom. The lowest BCUT2D eigenvalue weighted by Crippen LogP contribution is -2.41. The van der Waals surface area contributed by atoms with Gasteiger partial charge in [-0.25, -0.2) is 8.42 Å². The minimum atomic E-state index is -3.11. The largest absolute Gasteiger partial charge is 0.496 e. The summed E-state index contributed by atoms with van der Waals surface area (Å²) in [4.78, 5) is 0. The Hall–Kier alpha value is -0.780. The summed E-state index contributed by atoms with van der Waals surface area (Å²) in [5.74, 6) is 0.692. The van der Waals surface area contributed by atoms with Gasteiger partial charge >= 0.3 is 0 Å². The number of halogens is 1. The van der Waals surface area contributed by atoms with Crippen LogP contribution in [0.2, 0.25) is 5.02 Å². The van der Waals surface area contributed by atoms with Crippen LogP contribution in [0, 0.1) is 0 Å². The van der Waals surface area contributed by atoms with Crippen LogP contribution in [0.4, 0.5) is 0 Å². The van der Waals surface area contributed by atoms with Gasteiger partial charge in [-0.3, -0.25) is 0 Å². The summed E-state index contributed by atoms with van der Waals surface area (Å²) in [7, 11) is -1.53. The first-order valence-electron chi connectivity index (χ1n) is 5.91. The van der Waals surface area contributed by atoms with Gasteiger partial charge in [0.1, 0.15) is 5.75 Å². The number of rotatable bonds is 6. The molecule has 0 aliphatic heterocycles.